The van der Waals surface area contributed by atoms with Crippen LogP contribution in [0.4, 0.5) is 4.79 Å². The third-order valence-electron chi connectivity index (χ3n) is 5.70. The number of likely N-dealkylation sites (tertiary alicyclic amines) is 1. The summed E-state index contributed by atoms with van der Waals surface area (Å²) in [5.41, 5.74) is 0.387. The molecule has 5 nitrogen and oxygen atoms in total. The lowest BCUT2D eigenvalue weighted by Gasteiger charge is -2.38. The molecule has 0 aromatic heterocycles. The van der Waals surface area contributed by atoms with Crippen molar-refractivity contribution in [2.75, 3.05) is 6.61 Å². The number of nitrogens with zero attached hydrogens (tertiary/aromatic N) is 1. The smallest absolute Gasteiger partial charge is 0.417 e. The molecular formula is C22H35NO4Si. The second kappa shape index (κ2) is 7.99. The molecule has 1 saturated heterocycles. The number of hydrogen-bond acceptors (Lipinski definition) is 4. The minimum atomic E-state index is -2.03. The van der Waals surface area contributed by atoms with E-state index in [2.05, 4.69) is 33.9 Å². The first kappa shape index (κ1) is 22.6. The largest absolute Gasteiger partial charge is 0.443 e. The molecule has 28 heavy (non-hydrogen) atoms. The van der Waals surface area contributed by atoms with Gasteiger partial charge in [-0.25, -0.2) is 9.69 Å². The summed E-state index contributed by atoms with van der Waals surface area (Å²) in [6, 6.07) is 9.53. The number of imide groups is 1. The van der Waals surface area contributed by atoms with Crippen molar-refractivity contribution in [1.29, 1.82) is 0 Å². The number of amides is 2. The van der Waals surface area contributed by atoms with Crippen molar-refractivity contribution in [2.24, 2.45) is 0 Å². The van der Waals surface area contributed by atoms with Crippen LogP contribution in [0.15, 0.2) is 30.3 Å². The van der Waals surface area contributed by atoms with Crippen molar-refractivity contribution in [3.8, 4) is 0 Å². The standard InChI is InChI=1S/C22H35NO4Si/c1-21(2,3)27-20(25)23-18(15-26-28(7,8)22(4,5)6)17(14-19(23)24)16-12-10-9-11-13-16/h9-13,17-18H,14-15H2,1-8H3/t17-,18-/m1/s1. The van der Waals surface area contributed by atoms with E-state index >= 15 is 0 Å². The second-order valence-electron chi connectivity index (χ2n) is 10.1. The number of carbonyl (C=O) groups excluding carboxylic acids is 2. The molecule has 0 radical (unpaired) electrons. The first-order valence-electron chi connectivity index (χ1n) is 9.97. The van der Waals surface area contributed by atoms with Gasteiger partial charge < -0.3 is 9.16 Å². The van der Waals surface area contributed by atoms with Crippen molar-refractivity contribution in [2.45, 2.75) is 83.7 Å². The van der Waals surface area contributed by atoms with E-state index in [0.29, 0.717) is 6.61 Å². The zero-order chi connectivity index (χ0) is 21.3. The van der Waals surface area contributed by atoms with Crippen LogP contribution in [0.2, 0.25) is 18.1 Å². The first-order chi connectivity index (χ1) is 12.7. The molecule has 6 heteroatoms. The van der Waals surface area contributed by atoms with Crippen molar-refractivity contribution in [3.05, 3.63) is 35.9 Å². The van der Waals surface area contributed by atoms with E-state index in [9.17, 15) is 9.59 Å². The van der Waals surface area contributed by atoms with E-state index < -0.39 is 20.0 Å². The summed E-state index contributed by atoms with van der Waals surface area (Å²) >= 11 is 0. The Morgan fingerprint density at radius 3 is 2.18 bits per heavy atom. The predicted molar refractivity (Wildman–Crippen MR) is 114 cm³/mol. The van der Waals surface area contributed by atoms with Crippen LogP contribution >= 0.6 is 0 Å². The molecule has 0 unspecified atom stereocenters. The first-order valence-corrected chi connectivity index (χ1v) is 12.9. The fraction of sp³-hybridized carbons (Fsp3) is 0.636. The lowest BCUT2D eigenvalue weighted by Crippen LogP contribution is -2.49. The van der Waals surface area contributed by atoms with E-state index in [1.54, 1.807) is 20.8 Å². The fourth-order valence-corrected chi connectivity index (χ4v) is 4.10. The maximum atomic E-state index is 12.8. The molecule has 1 fully saturated rings. The van der Waals surface area contributed by atoms with Gasteiger partial charge in [0.1, 0.15) is 5.60 Å². The zero-order valence-corrected chi connectivity index (χ0v) is 19.5. The minimum Gasteiger partial charge on any atom is -0.443 e. The average molecular weight is 406 g/mol. The quantitative estimate of drug-likeness (QED) is 0.636. The SMILES string of the molecule is CC(C)(C)OC(=O)N1C(=O)C[C@H](c2ccccc2)[C@H]1CO[Si](C)(C)C(C)(C)C. The molecule has 0 bridgehead atoms. The van der Waals surface area contributed by atoms with Crippen molar-refractivity contribution in [3.63, 3.8) is 0 Å². The van der Waals surface area contributed by atoms with E-state index in [-0.39, 0.29) is 29.3 Å². The Kier molecular flexibility index (Phi) is 6.46. The Hall–Kier alpha value is -1.66. The lowest BCUT2D eigenvalue weighted by molar-refractivity contribution is -0.128. The molecule has 1 aromatic carbocycles. The summed E-state index contributed by atoms with van der Waals surface area (Å²) in [6.07, 6.45) is -0.297. The van der Waals surface area contributed by atoms with E-state index in [0.717, 1.165) is 5.56 Å². The Bertz CT molecular complexity index is 703. The molecule has 1 aromatic rings. The second-order valence-corrected chi connectivity index (χ2v) is 14.9. The summed E-state index contributed by atoms with van der Waals surface area (Å²) in [5.74, 6) is -0.294. The van der Waals surface area contributed by atoms with Gasteiger partial charge >= 0.3 is 6.09 Å². The van der Waals surface area contributed by atoms with Gasteiger partial charge in [-0.2, -0.15) is 0 Å². The third kappa shape index (κ3) is 5.23. The van der Waals surface area contributed by atoms with Crippen LogP contribution < -0.4 is 0 Å². The highest BCUT2D eigenvalue weighted by atomic mass is 28.4. The number of ether oxygens (including phenoxy) is 1. The molecule has 1 aliphatic heterocycles. The number of hydrogen-bond donors (Lipinski definition) is 0. The summed E-state index contributed by atoms with van der Waals surface area (Å²) in [5, 5.41) is 0.0502. The number of rotatable bonds is 4. The highest BCUT2D eigenvalue weighted by molar-refractivity contribution is 6.74. The monoisotopic (exact) mass is 405 g/mol. The summed E-state index contributed by atoms with van der Waals surface area (Å²) in [7, 11) is -2.03. The fourth-order valence-electron chi connectivity index (χ4n) is 3.08. The topological polar surface area (TPSA) is 55.8 Å². The van der Waals surface area contributed by atoms with Gasteiger partial charge in [0.25, 0.3) is 0 Å². The minimum absolute atomic E-state index is 0.0502. The van der Waals surface area contributed by atoms with Crippen LogP contribution in [0.1, 0.15) is 59.4 Å². The zero-order valence-electron chi connectivity index (χ0n) is 18.5. The van der Waals surface area contributed by atoms with Crippen LogP contribution in [-0.2, 0) is 14.0 Å². The molecule has 1 heterocycles. The molecule has 2 rings (SSSR count). The van der Waals surface area contributed by atoms with Gasteiger partial charge in [0.15, 0.2) is 8.32 Å². The van der Waals surface area contributed by atoms with Crippen LogP contribution in [0.5, 0.6) is 0 Å². The molecule has 0 N–H and O–H groups in total. The number of benzene rings is 1. The third-order valence-corrected chi connectivity index (χ3v) is 10.2. The van der Waals surface area contributed by atoms with Gasteiger partial charge in [0, 0.05) is 12.3 Å². The molecule has 1 aliphatic rings. The van der Waals surface area contributed by atoms with Crippen LogP contribution in [0.3, 0.4) is 0 Å². The van der Waals surface area contributed by atoms with Crippen LogP contribution in [-0.4, -0.2) is 43.5 Å². The lowest BCUT2D eigenvalue weighted by atomic mass is 9.92. The van der Waals surface area contributed by atoms with E-state index in [1.807, 2.05) is 30.3 Å². The normalized spacial score (nSPS) is 21.1. The van der Waals surface area contributed by atoms with E-state index in [4.69, 9.17) is 9.16 Å². The van der Waals surface area contributed by atoms with Crippen molar-refractivity contribution >= 4 is 20.3 Å². The van der Waals surface area contributed by atoms with Crippen LogP contribution in [0, 0.1) is 0 Å². The Morgan fingerprint density at radius 1 is 1.11 bits per heavy atom. The Balaban J connectivity index is 2.32. The van der Waals surface area contributed by atoms with Gasteiger partial charge in [0.05, 0.1) is 12.6 Å². The summed E-state index contributed by atoms with van der Waals surface area (Å²) in [6.45, 7) is 16.7. The highest BCUT2D eigenvalue weighted by Crippen LogP contribution is 2.40. The van der Waals surface area contributed by atoms with Crippen LogP contribution in [0.25, 0.3) is 0 Å². The molecule has 0 spiro atoms. The average Bonchev–Trinajstić information content (AvgIpc) is 2.88. The molecule has 2 amide bonds. The van der Waals surface area contributed by atoms with Gasteiger partial charge in [-0.05, 0) is 44.5 Å². The van der Waals surface area contributed by atoms with Crippen molar-refractivity contribution in [1.82, 2.24) is 4.90 Å². The summed E-state index contributed by atoms with van der Waals surface area (Å²) < 4.78 is 12.0. The van der Waals surface area contributed by atoms with Crippen molar-refractivity contribution < 1.29 is 18.8 Å². The predicted octanol–water partition coefficient (Wildman–Crippen LogP) is 5.33. The Labute approximate surface area is 170 Å². The summed E-state index contributed by atoms with van der Waals surface area (Å²) in [4.78, 5) is 26.9. The Morgan fingerprint density at radius 2 is 1.68 bits per heavy atom. The van der Waals surface area contributed by atoms with Gasteiger partial charge in [-0.1, -0.05) is 51.1 Å². The number of carbonyl (C=O) groups is 2. The molecule has 0 aliphatic carbocycles. The maximum absolute atomic E-state index is 12.8. The molecular weight excluding hydrogens is 370 g/mol. The molecule has 156 valence electrons. The van der Waals surface area contributed by atoms with Gasteiger partial charge in [-0.15, -0.1) is 0 Å². The van der Waals surface area contributed by atoms with E-state index in [1.165, 1.54) is 4.90 Å². The molecule has 0 saturated carbocycles. The molecule has 2 atom stereocenters. The van der Waals surface area contributed by atoms with Gasteiger partial charge in [0.2, 0.25) is 5.91 Å². The van der Waals surface area contributed by atoms with Gasteiger partial charge in [-0.3, -0.25) is 4.79 Å². The highest BCUT2D eigenvalue weighted by Gasteiger charge is 2.47. The maximum Gasteiger partial charge on any atom is 0.417 e.